The lowest BCUT2D eigenvalue weighted by Crippen LogP contribution is -2.27. The first-order valence-electron chi connectivity index (χ1n) is 6.78. The molecule has 0 fully saturated rings. The van der Waals surface area contributed by atoms with Crippen LogP contribution >= 0.6 is 22.9 Å². The summed E-state index contributed by atoms with van der Waals surface area (Å²) in [5.41, 5.74) is -0.0873. The third kappa shape index (κ3) is 2.16. The first kappa shape index (κ1) is 13.0. The summed E-state index contributed by atoms with van der Waals surface area (Å²) in [5.74, 6) is 1.38. The van der Waals surface area contributed by atoms with Crippen LogP contribution in [0.2, 0.25) is 5.15 Å². The lowest BCUT2D eigenvalue weighted by Gasteiger charge is -2.09. The lowest BCUT2D eigenvalue weighted by molar-refractivity contribution is 0.511. The van der Waals surface area contributed by atoms with Gasteiger partial charge in [-0.1, -0.05) is 11.6 Å². The van der Waals surface area contributed by atoms with E-state index in [1.54, 1.807) is 4.57 Å². The first-order chi connectivity index (χ1) is 10.2. The summed E-state index contributed by atoms with van der Waals surface area (Å²) in [6.07, 6.45) is 2.97. The average molecular weight is 322 g/mol. The SMILES string of the molecule is O=c1n(Cc2nc(Cl)c3ccsc3n2)nc2n1CCCC2. The van der Waals surface area contributed by atoms with Crippen molar-refractivity contribution < 1.29 is 0 Å². The van der Waals surface area contributed by atoms with Gasteiger partial charge in [-0.3, -0.25) is 4.57 Å². The van der Waals surface area contributed by atoms with Crippen molar-refractivity contribution in [1.29, 1.82) is 0 Å². The molecule has 108 valence electrons. The lowest BCUT2D eigenvalue weighted by atomic mass is 10.2. The van der Waals surface area contributed by atoms with Crippen molar-refractivity contribution in [3.63, 3.8) is 0 Å². The van der Waals surface area contributed by atoms with Gasteiger partial charge in [0.1, 0.15) is 22.4 Å². The molecule has 3 aromatic heterocycles. The van der Waals surface area contributed by atoms with Gasteiger partial charge in [-0.2, -0.15) is 5.10 Å². The van der Waals surface area contributed by atoms with Crippen LogP contribution in [0.5, 0.6) is 0 Å². The third-order valence-corrected chi connectivity index (χ3v) is 4.74. The number of aromatic nitrogens is 5. The molecule has 6 nitrogen and oxygen atoms in total. The second-order valence-corrected chi connectivity index (χ2v) is 6.29. The molecule has 0 aromatic carbocycles. The smallest absolute Gasteiger partial charge is 0.279 e. The molecule has 0 saturated carbocycles. The Bertz CT molecular complexity index is 880. The molecule has 0 amide bonds. The molecule has 3 aromatic rings. The van der Waals surface area contributed by atoms with Crippen LogP contribution in [0.3, 0.4) is 0 Å². The van der Waals surface area contributed by atoms with Gasteiger partial charge in [-0.25, -0.2) is 19.4 Å². The Labute approximate surface area is 129 Å². The molecular formula is C13H12ClN5OS. The molecular weight excluding hydrogens is 310 g/mol. The minimum Gasteiger partial charge on any atom is -0.279 e. The van der Waals surface area contributed by atoms with Crippen LogP contribution in [-0.4, -0.2) is 24.3 Å². The van der Waals surface area contributed by atoms with Crippen LogP contribution < -0.4 is 5.69 Å². The van der Waals surface area contributed by atoms with Crippen LogP contribution in [-0.2, 0) is 19.5 Å². The van der Waals surface area contributed by atoms with Crippen LogP contribution in [0.4, 0.5) is 0 Å². The molecule has 0 bridgehead atoms. The largest absolute Gasteiger partial charge is 0.346 e. The number of hydrogen-bond acceptors (Lipinski definition) is 5. The van der Waals surface area contributed by atoms with Gasteiger partial charge in [-0.15, -0.1) is 11.3 Å². The fraction of sp³-hybridized carbons (Fsp3) is 0.385. The molecule has 0 atom stereocenters. The first-order valence-corrected chi connectivity index (χ1v) is 8.04. The van der Waals surface area contributed by atoms with E-state index in [4.69, 9.17) is 11.6 Å². The van der Waals surface area contributed by atoms with E-state index < -0.39 is 0 Å². The van der Waals surface area contributed by atoms with E-state index in [0.717, 1.165) is 41.8 Å². The fourth-order valence-corrected chi connectivity index (χ4v) is 3.71. The summed E-state index contributed by atoms with van der Waals surface area (Å²) in [7, 11) is 0. The summed E-state index contributed by atoms with van der Waals surface area (Å²) in [4.78, 5) is 21.8. The summed E-state index contributed by atoms with van der Waals surface area (Å²) in [5, 5.41) is 7.59. The standard InChI is InChI=1S/C13H12ClN5OS/c14-11-8-4-6-21-12(8)16-9(15-11)7-19-13(20)18-5-2-1-3-10(18)17-19/h4,6H,1-3,5,7H2. The summed E-state index contributed by atoms with van der Waals surface area (Å²) in [6, 6.07) is 1.90. The minimum absolute atomic E-state index is 0.0873. The molecule has 0 aliphatic carbocycles. The Morgan fingerprint density at radius 3 is 3.10 bits per heavy atom. The van der Waals surface area contributed by atoms with Gasteiger partial charge in [0.15, 0.2) is 5.82 Å². The number of halogens is 1. The molecule has 4 heterocycles. The van der Waals surface area contributed by atoms with Crippen LogP contribution in [0.1, 0.15) is 24.5 Å². The van der Waals surface area contributed by atoms with E-state index >= 15 is 0 Å². The summed E-state index contributed by atoms with van der Waals surface area (Å²) < 4.78 is 3.18. The van der Waals surface area contributed by atoms with Crippen LogP contribution in [0.15, 0.2) is 16.2 Å². The highest BCUT2D eigenvalue weighted by molar-refractivity contribution is 7.16. The highest BCUT2D eigenvalue weighted by atomic mass is 35.5. The molecule has 4 rings (SSSR count). The minimum atomic E-state index is -0.0873. The molecule has 21 heavy (non-hydrogen) atoms. The maximum atomic E-state index is 12.3. The molecule has 0 saturated heterocycles. The van der Waals surface area contributed by atoms with E-state index in [1.807, 2.05) is 11.4 Å². The predicted octanol–water partition coefficient (Wildman–Crippen LogP) is 2.09. The number of fused-ring (bicyclic) bond motifs is 2. The van der Waals surface area contributed by atoms with Crippen molar-refractivity contribution in [2.24, 2.45) is 0 Å². The monoisotopic (exact) mass is 321 g/mol. The van der Waals surface area contributed by atoms with Gasteiger partial charge >= 0.3 is 5.69 Å². The zero-order chi connectivity index (χ0) is 14.4. The number of aryl methyl sites for hydroxylation is 1. The molecule has 0 radical (unpaired) electrons. The van der Waals surface area contributed by atoms with Crippen LogP contribution in [0, 0.1) is 0 Å². The Morgan fingerprint density at radius 1 is 1.33 bits per heavy atom. The van der Waals surface area contributed by atoms with Crippen molar-refractivity contribution >= 4 is 33.2 Å². The van der Waals surface area contributed by atoms with Crippen molar-refractivity contribution in [2.75, 3.05) is 0 Å². The highest BCUT2D eigenvalue weighted by Crippen LogP contribution is 2.24. The third-order valence-electron chi connectivity index (χ3n) is 3.65. The number of nitrogens with zero attached hydrogens (tertiary/aromatic N) is 5. The number of thiophene rings is 1. The van der Waals surface area contributed by atoms with Crippen molar-refractivity contribution in [1.82, 2.24) is 24.3 Å². The molecule has 0 N–H and O–H groups in total. The topological polar surface area (TPSA) is 65.6 Å². The Balaban J connectivity index is 1.74. The quantitative estimate of drug-likeness (QED) is 0.678. The van der Waals surface area contributed by atoms with E-state index in [-0.39, 0.29) is 12.2 Å². The molecule has 0 unspecified atom stereocenters. The number of rotatable bonds is 2. The van der Waals surface area contributed by atoms with E-state index in [0.29, 0.717) is 11.0 Å². The van der Waals surface area contributed by atoms with E-state index in [2.05, 4.69) is 15.1 Å². The average Bonchev–Trinajstić information content (AvgIpc) is 3.06. The van der Waals surface area contributed by atoms with Gasteiger partial charge in [0.25, 0.3) is 0 Å². The second kappa shape index (κ2) is 4.92. The zero-order valence-electron chi connectivity index (χ0n) is 11.1. The van der Waals surface area contributed by atoms with Crippen molar-refractivity contribution in [2.45, 2.75) is 32.4 Å². The predicted molar refractivity (Wildman–Crippen MR) is 81.0 cm³/mol. The maximum Gasteiger partial charge on any atom is 0.346 e. The Morgan fingerprint density at radius 2 is 2.24 bits per heavy atom. The highest BCUT2D eigenvalue weighted by Gasteiger charge is 2.17. The van der Waals surface area contributed by atoms with Gasteiger partial charge in [0.05, 0.1) is 0 Å². The molecule has 0 spiro atoms. The number of hydrogen-bond donors (Lipinski definition) is 0. The summed E-state index contributed by atoms with van der Waals surface area (Å²) >= 11 is 7.66. The van der Waals surface area contributed by atoms with Gasteiger partial charge in [0.2, 0.25) is 0 Å². The Hall–Kier alpha value is -1.73. The van der Waals surface area contributed by atoms with Crippen molar-refractivity contribution in [3.05, 3.63) is 38.7 Å². The zero-order valence-corrected chi connectivity index (χ0v) is 12.7. The normalized spacial score (nSPS) is 14.5. The van der Waals surface area contributed by atoms with Gasteiger partial charge in [0, 0.05) is 18.4 Å². The summed E-state index contributed by atoms with van der Waals surface area (Å²) in [6.45, 7) is 1.01. The van der Waals surface area contributed by atoms with Gasteiger partial charge in [-0.05, 0) is 24.3 Å². The molecule has 1 aliphatic heterocycles. The molecule has 1 aliphatic rings. The fourth-order valence-electron chi connectivity index (χ4n) is 2.62. The van der Waals surface area contributed by atoms with Crippen LogP contribution in [0.25, 0.3) is 10.2 Å². The Kier molecular flexibility index (Phi) is 3.04. The van der Waals surface area contributed by atoms with E-state index in [1.165, 1.54) is 16.0 Å². The second-order valence-electron chi connectivity index (χ2n) is 5.04. The van der Waals surface area contributed by atoms with Gasteiger partial charge < -0.3 is 0 Å². The molecule has 8 heteroatoms. The van der Waals surface area contributed by atoms with Crippen molar-refractivity contribution in [3.8, 4) is 0 Å². The van der Waals surface area contributed by atoms with E-state index in [9.17, 15) is 4.79 Å². The maximum absolute atomic E-state index is 12.3.